The van der Waals surface area contributed by atoms with Crippen molar-refractivity contribution in [1.29, 1.82) is 0 Å². The van der Waals surface area contributed by atoms with Gasteiger partial charge >= 0.3 is 12.1 Å². The molecule has 3 atom stereocenters. The van der Waals surface area contributed by atoms with E-state index in [4.69, 9.17) is 18.9 Å². The molecule has 7 nitrogen and oxygen atoms in total. The monoisotopic (exact) mass is 533 g/mol. The lowest BCUT2D eigenvalue weighted by molar-refractivity contribution is -0.0558. The van der Waals surface area contributed by atoms with Gasteiger partial charge in [0.25, 0.3) is 0 Å². The smallest absolute Gasteiger partial charge is 0.419 e. The minimum atomic E-state index is -0.595. The van der Waals surface area contributed by atoms with Crippen LogP contribution in [0, 0.1) is 13.8 Å². The molecule has 0 N–H and O–H groups in total. The summed E-state index contributed by atoms with van der Waals surface area (Å²) in [5.74, 6) is 0.537. The van der Waals surface area contributed by atoms with Crippen molar-refractivity contribution in [3.05, 3.63) is 64.8 Å². The molecular weight excluding hydrogens is 494 g/mol. The van der Waals surface area contributed by atoms with E-state index in [1.54, 1.807) is 10.8 Å². The first-order valence-electron chi connectivity index (χ1n) is 13.8. The van der Waals surface area contributed by atoms with Gasteiger partial charge in [-0.25, -0.2) is 9.59 Å². The van der Waals surface area contributed by atoms with E-state index in [2.05, 4.69) is 13.0 Å². The fourth-order valence-electron chi connectivity index (χ4n) is 6.27. The number of rotatable bonds is 4. The van der Waals surface area contributed by atoms with E-state index in [9.17, 15) is 9.59 Å². The molecule has 2 heterocycles. The third kappa shape index (κ3) is 5.42. The SMILES string of the molecule is COC(=O)c1ccc([C@@H]2C[C@@]3(CCCO3)CC[C@H]2Oc2c(C)cc(C)c3c2ccn3C(=O)OC(C)(C)C)cc1. The van der Waals surface area contributed by atoms with E-state index in [-0.39, 0.29) is 23.6 Å². The maximum absolute atomic E-state index is 13.0. The van der Waals surface area contributed by atoms with E-state index in [1.165, 1.54) is 7.11 Å². The number of aryl methyl sites for hydroxylation is 2. The maximum Gasteiger partial charge on any atom is 0.419 e. The summed E-state index contributed by atoms with van der Waals surface area (Å²) in [6.07, 6.45) is 6.08. The second-order valence-electron chi connectivity index (χ2n) is 12.0. The van der Waals surface area contributed by atoms with Gasteiger partial charge in [-0.3, -0.25) is 4.57 Å². The van der Waals surface area contributed by atoms with Crippen molar-refractivity contribution < 1.29 is 28.5 Å². The van der Waals surface area contributed by atoms with Crippen molar-refractivity contribution in [2.75, 3.05) is 13.7 Å². The Morgan fingerprint density at radius 2 is 1.79 bits per heavy atom. The van der Waals surface area contributed by atoms with Crippen molar-refractivity contribution in [3.8, 4) is 5.75 Å². The molecule has 208 valence electrons. The Balaban J connectivity index is 1.50. The molecule has 0 unspecified atom stereocenters. The van der Waals surface area contributed by atoms with Crippen LogP contribution in [-0.2, 0) is 14.2 Å². The van der Waals surface area contributed by atoms with Gasteiger partial charge in [-0.05, 0) is 102 Å². The van der Waals surface area contributed by atoms with Crippen molar-refractivity contribution in [3.63, 3.8) is 0 Å². The van der Waals surface area contributed by atoms with E-state index >= 15 is 0 Å². The Hall–Kier alpha value is -3.32. The highest BCUT2D eigenvalue weighted by molar-refractivity contribution is 5.96. The predicted molar refractivity (Wildman–Crippen MR) is 150 cm³/mol. The normalized spacial score (nSPS) is 23.2. The Labute approximate surface area is 230 Å². The topological polar surface area (TPSA) is 76.0 Å². The highest BCUT2D eigenvalue weighted by Crippen LogP contribution is 2.48. The van der Waals surface area contributed by atoms with Crippen LogP contribution in [0.4, 0.5) is 4.79 Å². The van der Waals surface area contributed by atoms with E-state index in [0.29, 0.717) is 5.56 Å². The number of hydrogen-bond donors (Lipinski definition) is 0. The Bertz CT molecular complexity index is 1370. The number of hydrogen-bond acceptors (Lipinski definition) is 6. The molecule has 1 saturated carbocycles. The molecule has 5 rings (SSSR count). The summed E-state index contributed by atoms with van der Waals surface area (Å²) in [6, 6.07) is 11.7. The molecule has 1 aliphatic heterocycles. The lowest BCUT2D eigenvalue weighted by Gasteiger charge is -2.42. The summed E-state index contributed by atoms with van der Waals surface area (Å²) in [5.41, 5.74) is 3.75. The van der Waals surface area contributed by atoms with Gasteiger partial charge in [-0.15, -0.1) is 0 Å². The molecule has 2 fully saturated rings. The zero-order chi connectivity index (χ0) is 27.9. The molecule has 39 heavy (non-hydrogen) atoms. The first-order chi connectivity index (χ1) is 18.5. The van der Waals surface area contributed by atoms with Crippen LogP contribution in [-0.4, -0.2) is 47.7 Å². The van der Waals surface area contributed by atoms with E-state index in [0.717, 1.165) is 72.1 Å². The molecule has 1 aliphatic carbocycles. The van der Waals surface area contributed by atoms with Crippen LogP contribution < -0.4 is 4.74 Å². The number of carbonyl (C=O) groups excluding carboxylic acids is 2. The first kappa shape index (κ1) is 27.3. The lowest BCUT2D eigenvalue weighted by Crippen LogP contribution is -2.42. The lowest BCUT2D eigenvalue weighted by atomic mass is 9.72. The largest absolute Gasteiger partial charge is 0.489 e. The maximum atomic E-state index is 13.0. The van der Waals surface area contributed by atoms with Crippen LogP contribution in [0.2, 0.25) is 0 Å². The van der Waals surface area contributed by atoms with E-state index in [1.807, 2.05) is 58.0 Å². The molecule has 0 amide bonds. The summed E-state index contributed by atoms with van der Waals surface area (Å²) >= 11 is 0. The van der Waals surface area contributed by atoms with Crippen molar-refractivity contribution in [2.45, 2.75) is 89.9 Å². The zero-order valence-corrected chi connectivity index (χ0v) is 23.8. The van der Waals surface area contributed by atoms with E-state index < -0.39 is 11.7 Å². The fourth-order valence-corrected chi connectivity index (χ4v) is 6.27. The summed E-state index contributed by atoms with van der Waals surface area (Å²) < 4.78 is 25.3. The number of benzene rings is 2. The Morgan fingerprint density at radius 3 is 2.44 bits per heavy atom. The molecule has 1 saturated heterocycles. The molecular formula is C32H39NO6. The van der Waals surface area contributed by atoms with Gasteiger partial charge in [0.05, 0.1) is 23.8 Å². The number of ether oxygens (including phenoxy) is 4. The highest BCUT2D eigenvalue weighted by Gasteiger charge is 2.45. The average Bonchev–Trinajstić information content (AvgIpc) is 3.54. The average molecular weight is 534 g/mol. The number of aromatic nitrogens is 1. The summed E-state index contributed by atoms with van der Waals surface area (Å²) in [7, 11) is 1.39. The Kier molecular flexibility index (Phi) is 7.23. The second-order valence-corrected chi connectivity index (χ2v) is 12.0. The number of esters is 1. The van der Waals surface area contributed by atoms with Crippen molar-refractivity contribution in [2.24, 2.45) is 0 Å². The number of nitrogens with zero attached hydrogens (tertiary/aromatic N) is 1. The molecule has 2 aliphatic rings. The van der Waals surface area contributed by atoms with Crippen LogP contribution in [0.25, 0.3) is 10.9 Å². The third-order valence-corrected chi connectivity index (χ3v) is 8.03. The predicted octanol–water partition coefficient (Wildman–Crippen LogP) is 7.09. The Morgan fingerprint density at radius 1 is 1.05 bits per heavy atom. The first-order valence-corrected chi connectivity index (χ1v) is 13.8. The summed E-state index contributed by atoms with van der Waals surface area (Å²) in [6.45, 7) is 10.5. The highest BCUT2D eigenvalue weighted by atomic mass is 16.6. The van der Waals surface area contributed by atoms with Crippen LogP contribution in [0.5, 0.6) is 5.75 Å². The van der Waals surface area contributed by atoms with Gasteiger partial charge < -0.3 is 18.9 Å². The minimum absolute atomic E-state index is 0.0849. The second kappa shape index (κ2) is 10.3. The number of methoxy groups -OCH3 is 1. The van der Waals surface area contributed by atoms with Gasteiger partial charge in [0.1, 0.15) is 17.5 Å². The molecule has 1 spiro atoms. The number of carbonyl (C=O) groups is 2. The van der Waals surface area contributed by atoms with Gasteiger partial charge in [0, 0.05) is 24.1 Å². The van der Waals surface area contributed by atoms with Crippen molar-refractivity contribution in [1.82, 2.24) is 4.57 Å². The quantitative estimate of drug-likeness (QED) is 0.333. The third-order valence-electron chi connectivity index (χ3n) is 8.03. The summed E-state index contributed by atoms with van der Waals surface area (Å²) in [5, 5.41) is 0.899. The molecule has 0 bridgehead atoms. The van der Waals surface area contributed by atoms with Crippen LogP contribution in [0.1, 0.15) is 85.8 Å². The standard InChI is InChI=1S/C32H39NO6/c1-20-18-21(2)28(24-13-16-33(27(20)24)30(35)39-31(3,4)5)38-26-12-15-32(14-7-17-37-32)19-25(26)22-8-10-23(11-9-22)29(34)36-6/h8-11,13,16,18,25-26H,7,12,14-15,17,19H2,1-6H3/t25-,26+,32+/m0/s1. The van der Waals surface area contributed by atoms with Crippen molar-refractivity contribution >= 4 is 23.0 Å². The van der Waals surface area contributed by atoms with Crippen LogP contribution in [0.3, 0.4) is 0 Å². The van der Waals surface area contributed by atoms with Gasteiger partial charge in [0.2, 0.25) is 0 Å². The molecule has 1 aromatic heterocycles. The molecule has 7 heteroatoms. The molecule has 0 radical (unpaired) electrons. The molecule has 2 aromatic carbocycles. The van der Waals surface area contributed by atoms with Crippen LogP contribution in [0.15, 0.2) is 42.6 Å². The summed E-state index contributed by atoms with van der Waals surface area (Å²) in [4.78, 5) is 25.0. The molecule has 3 aromatic rings. The van der Waals surface area contributed by atoms with Crippen LogP contribution >= 0.6 is 0 Å². The minimum Gasteiger partial charge on any atom is -0.489 e. The number of fused-ring (bicyclic) bond motifs is 1. The van der Waals surface area contributed by atoms with Gasteiger partial charge in [-0.2, -0.15) is 0 Å². The van der Waals surface area contributed by atoms with Gasteiger partial charge in [0.15, 0.2) is 0 Å². The fraction of sp³-hybridized carbons (Fsp3) is 0.500. The zero-order valence-electron chi connectivity index (χ0n) is 23.8. The van der Waals surface area contributed by atoms with Gasteiger partial charge in [-0.1, -0.05) is 18.2 Å².